The number of rotatable bonds is 6. The van der Waals surface area contributed by atoms with Gasteiger partial charge in [-0.15, -0.1) is 10.2 Å². The highest BCUT2D eigenvalue weighted by molar-refractivity contribution is 8.01. The van der Waals surface area contributed by atoms with Gasteiger partial charge in [-0.3, -0.25) is 14.5 Å². The molecule has 1 unspecified atom stereocenters. The highest BCUT2D eigenvalue weighted by Gasteiger charge is 2.45. The molecule has 2 aromatic carbocycles. The van der Waals surface area contributed by atoms with Crippen molar-refractivity contribution in [1.82, 2.24) is 10.2 Å². The number of aromatic nitrogens is 2. The number of nitriles is 1. The number of carbonyl (C=O) groups is 2. The zero-order valence-electron chi connectivity index (χ0n) is 21.9. The van der Waals surface area contributed by atoms with Crippen LogP contribution in [0, 0.1) is 16.7 Å². The lowest BCUT2D eigenvalue weighted by atomic mass is 9.69. The van der Waals surface area contributed by atoms with Crippen LogP contribution < -0.4 is 16.0 Å². The molecule has 2 heterocycles. The number of ketones is 1. The zero-order valence-corrected chi connectivity index (χ0v) is 25.8. The smallest absolute Gasteiger partial charge is 0.234 e. The van der Waals surface area contributed by atoms with Crippen LogP contribution in [-0.4, -0.2) is 27.6 Å². The van der Waals surface area contributed by atoms with Crippen LogP contribution >= 0.6 is 57.9 Å². The number of nitrogens with two attached hydrogens (primary N) is 1. The van der Waals surface area contributed by atoms with E-state index in [0.717, 1.165) is 0 Å². The SMILES string of the molecule is CC1(C)CC(=O)C2=C(C1)N(c1nnc(SCC(=O)Nc3cccc(Cl)c3)s1)C(N)=C(C#N)C2c1ccc(Cl)c(Cl)c1. The molecule has 0 spiro atoms. The Morgan fingerprint density at radius 3 is 2.68 bits per heavy atom. The van der Waals surface area contributed by atoms with Crippen molar-refractivity contribution < 1.29 is 9.59 Å². The van der Waals surface area contributed by atoms with Crippen molar-refractivity contribution in [3.05, 3.63) is 85.8 Å². The van der Waals surface area contributed by atoms with Gasteiger partial charge in [0.2, 0.25) is 11.0 Å². The second kappa shape index (κ2) is 11.7. The van der Waals surface area contributed by atoms with Gasteiger partial charge in [0.05, 0.1) is 33.4 Å². The van der Waals surface area contributed by atoms with Crippen LogP contribution in [0.3, 0.4) is 0 Å². The Morgan fingerprint density at radius 1 is 1.20 bits per heavy atom. The Morgan fingerprint density at radius 2 is 1.98 bits per heavy atom. The predicted molar refractivity (Wildman–Crippen MR) is 164 cm³/mol. The van der Waals surface area contributed by atoms with Gasteiger partial charge in [-0.25, -0.2) is 0 Å². The second-order valence-corrected chi connectivity index (χ2v) is 13.8. The number of thioether (sulfide) groups is 1. The average Bonchev–Trinajstić information content (AvgIpc) is 3.36. The van der Waals surface area contributed by atoms with E-state index in [1.54, 1.807) is 47.4 Å². The summed E-state index contributed by atoms with van der Waals surface area (Å²) in [6.07, 6.45) is 0.838. The second-order valence-electron chi connectivity index (χ2n) is 10.4. The van der Waals surface area contributed by atoms with Gasteiger partial charge < -0.3 is 11.1 Å². The van der Waals surface area contributed by atoms with Gasteiger partial charge in [0.15, 0.2) is 10.1 Å². The Bertz CT molecular complexity index is 1680. The monoisotopic (exact) mass is 644 g/mol. The van der Waals surface area contributed by atoms with Gasteiger partial charge in [-0.05, 0) is 47.7 Å². The summed E-state index contributed by atoms with van der Waals surface area (Å²) in [5.74, 6) is -0.739. The normalized spacial score (nSPS) is 18.3. The van der Waals surface area contributed by atoms with Gasteiger partial charge in [-0.2, -0.15) is 5.26 Å². The van der Waals surface area contributed by atoms with Crippen molar-refractivity contribution >= 4 is 80.4 Å². The molecule has 41 heavy (non-hydrogen) atoms. The van der Waals surface area contributed by atoms with E-state index in [1.807, 2.05) is 13.8 Å². The molecule has 1 aliphatic carbocycles. The Hall–Kier alpha value is -3.07. The third kappa shape index (κ3) is 6.10. The van der Waals surface area contributed by atoms with Crippen LogP contribution in [0.15, 0.2) is 69.5 Å². The fourth-order valence-electron chi connectivity index (χ4n) is 4.99. The molecule has 1 aliphatic heterocycles. The number of allylic oxidation sites excluding steroid dienone is 3. The topological polar surface area (TPSA) is 125 Å². The maximum atomic E-state index is 13.7. The summed E-state index contributed by atoms with van der Waals surface area (Å²) in [5.41, 5.74) is 8.93. The third-order valence-electron chi connectivity index (χ3n) is 6.68. The molecule has 8 nitrogen and oxygen atoms in total. The predicted octanol–water partition coefficient (Wildman–Crippen LogP) is 7.17. The van der Waals surface area contributed by atoms with E-state index in [4.69, 9.17) is 40.5 Å². The molecule has 0 saturated heterocycles. The summed E-state index contributed by atoms with van der Waals surface area (Å²) in [7, 11) is 0. The van der Waals surface area contributed by atoms with Gasteiger partial charge in [-0.1, -0.05) is 83.9 Å². The van der Waals surface area contributed by atoms with Crippen LogP contribution in [0.4, 0.5) is 10.8 Å². The first-order valence-corrected chi connectivity index (χ1v) is 15.3. The Kier molecular flexibility index (Phi) is 8.37. The summed E-state index contributed by atoms with van der Waals surface area (Å²) >= 11 is 20.9. The highest BCUT2D eigenvalue weighted by Crippen LogP contribution is 2.51. The molecule has 0 bridgehead atoms. The van der Waals surface area contributed by atoms with Crippen molar-refractivity contribution in [3.63, 3.8) is 0 Å². The number of Topliss-reactive ketones (excluding diaryl/α,β-unsaturated/α-hetero) is 1. The molecule has 3 aromatic rings. The molecule has 1 atom stereocenters. The molecule has 0 radical (unpaired) electrons. The molecule has 5 rings (SSSR count). The van der Waals surface area contributed by atoms with E-state index < -0.39 is 5.92 Å². The Balaban J connectivity index is 1.48. The van der Waals surface area contributed by atoms with Crippen molar-refractivity contribution in [3.8, 4) is 6.07 Å². The van der Waals surface area contributed by atoms with E-state index in [2.05, 4.69) is 21.6 Å². The molecule has 13 heteroatoms. The minimum atomic E-state index is -0.693. The third-order valence-corrected chi connectivity index (χ3v) is 9.70. The number of nitrogens with zero attached hydrogens (tertiary/aromatic N) is 4. The van der Waals surface area contributed by atoms with Crippen molar-refractivity contribution in [2.45, 2.75) is 36.9 Å². The van der Waals surface area contributed by atoms with Crippen LogP contribution in [0.2, 0.25) is 15.1 Å². The number of benzene rings is 2. The quantitative estimate of drug-likeness (QED) is 0.270. The maximum absolute atomic E-state index is 13.7. The average molecular weight is 646 g/mol. The minimum absolute atomic E-state index is 0.0747. The first-order chi connectivity index (χ1) is 19.5. The van der Waals surface area contributed by atoms with Crippen molar-refractivity contribution in [2.75, 3.05) is 16.0 Å². The summed E-state index contributed by atoms with van der Waals surface area (Å²) in [6.45, 7) is 4.03. The van der Waals surface area contributed by atoms with E-state index in [1.165, 1.54) is 23.1 Å². The fourth-order valence-corrected chi connectivity index (χ4v) is 7.17. The largest absolute Gasteiger partial charge is 0.384 e. The number of hydrogen-bond acceptors (Lipinski definition) is 9. The lowest BCUT2D eigenvalue weighted by Crippen LogP contribution is -2.42. The van der Waals surface area contributed by atoms with Crippen molar-refractivity contribution in [1.29, 1.82) is 5.26 Å². The summed E-state index contributed by atoms with van der Waals surface area (Å²) in [5, 5.41) is 23.2. The number of amides is 1. The van der Waals surface area contributed by atoms with E-state index in [9.17, 15) is 14.9 Å². The number of anilines is 2. The number of nitrogens with one attached hydrogen (secondary N) is 1. The molecule has 2 aliphatic rings. The molecule has 0 saturated carbocycles. The van der Waals surface area contributed by atoms with Gasteiger partial charge in [0.25, 0.3) is 0 Å². The first kappa shape index (κ1) is 29.4. The van der Waals surface area contributed by atoms with Gasteiger partial charge in [0, 0.05) is 28.4 Å². The molecular weight excluding hydrogens is 623 g/mol. The van der Waals surface area contributed by atoms with E-state index in [-0.39, 0.29) is 34.3 Å². The van der Waals surface area contributed by atoms with E-state index in [0.29, 0.717) is 59.9 Å². The summed E-state index contributed by atoms with van der Waals surface area (Å²) < 4.78 is 0.530. The van der Waals surface area contributed by atoms with Crippen molar-refractivity contribution in [2.24, 2.45) is 11.1 Å². The van der Waals surface area contributed by atoms with Gasteiger partial charge in [0.1, 0.15) is 5.82 Å². The Labute approximate surface area is 260 Å². The van der Waals surface area contributed by atoms with Crippen LogP contribution in [0.5, 0.6) is 0 Å². The molecule has 0 fully saturated rings. The van der Waals surface area contributed by atoms with Crippen LogP contribution in [0.1, 0.15) is 38.2 Å². The van der Waals surface area contributed by atoms with Crippen LogP contribution in [-0.2, 0) is 9.59 Å². The lowest BCUT2D eigenvalue weighted by Gasteiger charge is -2.42. The molecule has 3 N–H and O–H groups in total. The van der Waals surface area contributed by atoms with Crippen LogP contribution in [0.25, 0.3) is 0 Å². The molecular formula is C28H23Cl3N6O2S2. The lowest BCUT2D eigenvalue weighted by molar-refractivity contribution is -0.118. The minimum Gasteiger partial charge on any atom is -0.384 e. The number of halogens is 3. The summed E-state index contributed by atoms with van der Waals surface area (Å²) in [6, 6.07) is 14.2. The number of hydrogen-bond donors (Lipinski definition) is 2. The molecule has 210 valence electrons. The zero-order chi connectivity index (χ0) is 29.5. The molecule has 1 amide bonds. The standard InChI is InChI=1S/C28H23Cl3N6O2S2/c1-28(2)10-20-24(21(38)11-28)23(14-6-7-18(30)19(31)8-14)17(12-32)25(33)37(20)26-35-36-27(41-26)40-13-22(39)34-16-5-3-4-15(29)9-16/h3-9,23H,10-11,13,33H2,1-2H3,(H,34,39). The number of carbonyl (C=O) groups excluding carboxylic acids is 2. The summed E-state index contributed by atoms with van der Waals surface area (Å²) in [4.78, 5) is 27.8. The fraction of sp³-hybridized carbons (Fsp3) is 0.250. The molecule has 1 aromatic heterocycles. The van der Waals surface area contributed by atoms with Gasteiger partial charge >= 0.3 is 0 Å². The highest BCUT2D eigenvalue weighted by atomic mass is 35.5. The maximum Gasteiger partial charge on any atom is 0.234 e. The first-order valence-electron chi connectivity index (χ1n) is 12.4. The van der Waals surface area contributed by atoms with E-state index >= 15 is 0 Å².